The summed E-state index contributed by atoms with van der Waals surface area (Å²) < 4.78 is 60.0. The van der Waals surface area contributed by atoms with Gasteiger partial charge in [0.2, 0.25) is 0 Å². The quantitative estimate of drug-likeness (QED) is 0.360. The fraction of sp³-hybridized carbons (Fsp3) is 0. The van der Waals surface area contributed by atoms with E-state index in [0.717, 1.165) is 12.1 Å². The van der Waals surface area contributed by atoms with E-state index in [1.54, 1.807) is 0 Å². The lowest BCUT2D eigenvalue weighted by Gasteiger charge is -2.22. The lowest BCUT2D eigenvalue weighted by atomic mass is 10.1. The standard InChI is InChI=1S/C10H12N2O6S2/c11-5-1-7-8(10(3-5)20(16,17)18)2-6(12)4-9(7)19(13,14)15/h1-4,13-15H,11-12H2,(H,16,17,18). The smallest absolute Gasteiger partial charge is 0.295 e. The summed E-state index contributed by atoms with van der Waals surface area (Å²) in [6.45, 7) is 0. The number of fused-ring (bicyclic) bond motifs is 1. The first kappa shape index (κ1) is 14.8. The van der Waals surface area contributed by atoms with Crippen molar-refractivity contribution in [2.75, 3.05) is 11.5 Å². The maximum absolute atomic E-state index is 11.3. The van der Waals surface area contributed by atoms with Crippen molar-refractivity contribution in [3.8, 4) is 0 Å². The van der Waals surface area contributed by atoms with E-state index in [2.05, 4.69) is 0 Å². The third-order valence-corrected chi connectivity index (χ3v) is 4.43. The number of rotatable bonds is 2. The van der Waals surface area contributed by atoms with Crippen LogP contribution in [0.25, 0.3) is 10.8 Å². The molecule has 0 radical (unpaired) electrons. The van der Waals surface area contributed by atoms with Crippen LogP contribution in [0.3, 0.4) is 0 Å². The molecule has 0 atom stereocenters. The van der Waals surface area contributed by atoms with Crippen LogP contribution < -0.4 is 11.5 Å². The fourth-order valence-corrected chi connectivity index (χ4v) is 3.37. The minimum absolute atomic E-state index is 0.0174. The van der Waals surface area contributed by atoms with Gasteiger partial charge in [-0.2, -0.15) is 8.42 Å². The Morgan fingerprint density at radius 1 is 0.750 bits per heavy atom. The molecule has 0 unspecified atom stereocenters. The van der Waals surface area contributed by atoms with Gasteiger partial charge in [0.1, 0.15) is 15.8 Å². The maximum atomic E-state index is 11.3. The Hall–Kier alpha value is -1.56. The number of hydrogen-bond donors (Lipinski definition) is 6. The first-order chi connectivity index (χ1) is 9.00. The molecule has 2 aromatic carbocycles. The van der Waals surface area contributed by atoms with Crippen molar-refractivity contribution in [3.05, 3.63) is 24.3 Å². The molecule has 10 heteroatoms. The molecule has 0 saturated carbocycles. The summed E-state index contributed by atoms with van der Waals surface area (Å²) in [5.74, 6) is 0. The molecule has 0 saturated heterocycles. The lowest BCUT2D eigenvalue weighted by Crippen LogP contribution is -2.04. The van der Waals surface area contributed by atoms with E-state index in [1.165, 1.54) is 12.1 Å². The van der Waals surface area contributed by atoms with Crippen molar-refractivity contribution in [1.82, 2.24) is 0 Å². The van der Waals surface area contributed by atoms with Gasteiger partial charge >= 0.3 is 0 Å². The largest absolute Gasteiger partial charge is 0.399 e. The second-order valence-electron chi connectivity index (χ2n) is 4.13. The first-order valence-corrected chi connectivity index (χ1v) is 8.05. The van der Waals surface area contributed by atoms with Gasteiger partial charge in [-0.05, 0) is 24.3 Å². The van der Waals surface area contributed by atoms with Gasteiger partial charge in [0.15, 0.2) is 0 Å². The average Bonchev–Trinajstić information content (AvgIpc) is 2.25. The third-order valence-electron chi connectivity index (χ3n) is 2.61. The van der Waals surface area contributed by atoms with Crippen molar-refractivity contribution in [3.63, 3.8) is 0 Å². The summed E-state index contributed by atoms with van der Waals surface area (Å²) >= 11 is 0. The summed E-state index contributed by atoms with van der Waals surface area (Å²) in [4.78, 5) is -0.908. The van der Waals surface area contributed by atoms with Crippen LogP contribution in [-0.4, -0.2) is 26.6 Å². The van der Waals surface area contributed by atoms with Gasteiger partial charge in [-0.3, -0.25) is 4.55 Å². The van der Waals surface area contributed by atoms with Crippen LogP contribution in [0.2, 0.25) is 0 Å². The zero-order valence-corrected chi connectivity index (χ0v) is 11.5. The molecule has 0 aliphatic heterocycles. The minimum Gasteiger partial charge on any atom is -0.399 e. The predicted octanol–water partition coefficient (Wildman–Crippen LogP) is 1.83. The highest BCUT2D eigenvalue weighted by atomic mass is 32.3. The van der Waals surface area contributed by atoms with E-state index in [9.17, 15) is 26.6 Å². The van der Waals surface area contributed by atoms with Gasteiger partial charge in [-0.15, -0.1) is 0 Å². The Labute approximate surface area is 115 Å². The van der Waals surface area contributed by atoms with Crippen molar-refractivity contribution >= 4 is 43.1 Å². The van der Waals surface area contributed by atoms with Crippen LogP contribution in [0.5, 0.6) is 0 Å². The molecule has 0 amide bonds. The molecule has 8 N–H and O–H groups in total. The summed E-state index contributed by atoms with van der Waals surface area (Å²) in [5, 5.41) is -0.111. The maximum Gasteiger partial charge on any atom is 0.295 e. The van der Waals surface area contributed by atoms with Gasteiger partial charge in [0, 0.05) is 22.1 Å². The van der Waals surface area contributed by atoms with Crippen molar-refractivity contribution in [2.45, 2.75) is 9.79 Å². The zero-order chi connectivity index (χ0) is 15.3. The van der Waals surface area contributed by atoms with E-state index >= 15 is 0 Å². The van der Waals surface area contributed by atoms with Gasteiger partial charge in [0.05, 0.1) is 4.90 Å². The highest BCUT2D eigenvalue weighted by Gasteiger charge is 2.24. The number of hydrogen-bond acceptors (Lipinski definition) is 7. The Morgan fingerprint density at radius 3 is 1.55 bits per heavy atom. The summed E-state index contributed by atoms with van der Waals surface area (Å²) in [6, 6.07) is 4.55. The SMILES string of the molecule is Nc1cc(S(=O)(=O)O)c2cc(N)cc(S(O)(O)O)c2c1. The van der Waals surface area contributed by atoms with E-state index in [0.29, 0.717) is 0 Å². The highest BCUT2D eigenvalue weighted by Crippen LogP contribution is 2.49. The van der Waals surface area contributed by atoms with E-state index in [4.69, 9.17) is 11.5 Å². The van der Waals surface area contributed by atoms with Crippen molar-refractivity contribution in [2.24, 2.45) is 0 Å². The molecule has 8 nitrogen and oxygen atoms in total. The molecule has 0 fully saturated rings. The van der Waals surface area contributed by atoms with E-state index < -0.39 is 25.9 Å². The molecular weight excluding hydrogens is 308 g/mol. The Balaban J connectivity index is 3.05. The van der Waals surface area contributed by atoms with E-state index in [1.807, 2.05) is 0 Å². The molecule has 0 spiro atoms. The van der Waals surface area contributed by atoms with Crippen LogP contribution in [-0.2, 0) is 10.1 Å². The Morgan fingerprint density at radius 2 is 1.15 bits per heavy atom. The molecular formula is C10H12N2O6S2. The van der Waals surface area contributed by atoms with Crippen LogP contribution in [0, 0.1) is 0 Å². The molecule has 0 bridgehead atoms. The second kappa shape index (κ2) is 4.48. The number of nitrogens with two attached hydrogens (primary N) is 2. The molecule has 0 aliphatic rings. The van der Waals surface area contributed by atoms with Gasteiger partial charge in [-0.1, -0.05) is 0 Å². The monoisotopic (exact) mass is 320 g/mol. The average molecular weight is 320 g/mol. The molecule has 0 aromatic heterocycles. The number of anilines is 2. The van der Waals surface area contributed by atoms with Crippen LogP contribution in [0.15, 0.2) is 34.1 Å². The van der Waals surface area contributed by atoms with Crippen molar-refractivity contribution < 1.29 is 26.6 Å². The Kier molecular flexibility index (Phi) is 3.32. The predicted molar refractivity (Wildman–Crippen MR) is 76.3 cm³/mol. The van der Waals surface area contributed by atoms with Gasteiger partial charge in [-0.25, -0.2) is 0 Å². The van der Waals surface area contributed by atoms with Crippen LogP contribution in [0.4, 0.5) is 11.4 Å². The normalized spacial score (nSPS) is 13.6. The second-order valence-corrected chi connectivity index (χ2v) is 6.99. The summed E-state index contributed by atoms with van der Waals surface area (Å²) in [6.07, 6.45) is 0. The van der Waals surface area contributed by atoms with Crippen molar-refractivity contribution in [1.29, 1.82) is 0 Å². The minimum atomic E-state index is -4.60. The summed E-state index contributed by atoms with van der Waals surface area (Å²) in [5.41, 5.74) is 11.0. The number of nitrogen functional groups attached to an aromatic ring is 2. The van der Waals surface area contributed by atoms with Crippen LogP contribution >= 0.6 is 10.9 Å². The molecule has 2 aromatic rings. The molecule has 0 heterocycles. The molecule has 2 rings (SSSR count). The first-order valence-electron chi connectivity index (χ1n) is 5.11. The Bertz CT molecular complexity index is 797. The third kappa shape index (κ3) is 2.65. The molecule has 110 valence electrons. The zero-order valence-electron chi connectivity index (χ0n) is 9.89. The van der Waals surface area contributed by atoms with E-state index in [-0.39, 0.29) is 27.0 Å². The molecule has 20 heavy (non-hydrogen) atoms. The lowest BCUT2D eigenvalue weighted by molar-refractivity contribution is 0.377. The fourth-order valence-electron chi connectivity index (χ4n) is 1.88. The molecule has 0 aliphatic carbocycles. The van der Waals surface area contributed by atoms with Crippen LogP contribution in [0.1, 0.15) is 0 Å². The highest BCUT2D eigenvalue weighted by molar-refractivity contribution is 8.19. The number of benzene rings is 2. The van der Waals surface area contributed by atoms with Gasteiger partial charge < -0.3 is 25.1 Å². The topological polar surface area (TPSA) is 167 Å². The van der Waals surface area contributed by atoms with Gasteiger partial charge in [0.25, 0.3) is 10.1 Å². The summed E-state index contributed by atoms with van der Waals surface area (Å²) in [7, 11) is -8.75.